The summed E-state index contributed by atoms with van der Waals surface area (Å²) in [5, 5.41) is 27.7. The third-order valence-corrected chi connectivity index (χ3v) is 10.6. The molecule has 1 aliphatic rings. The van der Waals surface area contributed by atoms with Gasteiger partial charge in [-0.25, -0.2) is 19.4 Å². The summed E-state index contributed by atoms with van der Waals surface area (Å²) in [6.07, 6.45) is -0.196. The summed E-state index contributed by atoms with van der Waals surface area (Å²) in [5.74, 6) is 0.271. The standard InChI is InChI=1S/C21H36N6O5Si/c1-20(2,3)31-19(30)27(32-33(7,8)21(4,5)6)14-9-13(15(28)16(14)29)26-18-12(10-25-26)17(22)23-11-24-18/h10-11,13-16,28-29H,9H2,1-8H3,(H2,22,23,24)/t13-,14+,15-,16+/m1/s1. The van der Waals surface area contributed by atoms with Crippen LogP contribution in [0.3, 0.4) is 0 Å². The summed E-state index contributed by atoms with van der Waals surface area (Å²) in [4.78, 5) is 21.4. The van der Waals surface area contributed by atoms with Gasteiger partial charge in [0.15, 0.2) is 5.65 Å². The number of nitrogen functional groups attached to an aromatic ring is 1. The Labute approximate surface area is 195 Å². The Morgan fingerprint density at radius 3 is 2.39 bits per heavy atom. The van der Waals surface area contributed by atoms with E-state index in [1.807, 2.05) is 13.1 Å². The van der Waals surface area contributed by atoms with Gasteiger partial charge >= 0.3 is 6.09 Å². The number of hydrogen-bond donors (Lipinski definition) is 3. The highest BCUT2D eigenvalue weighted by Crippen LogP contribution is 2.41. The second-order valence-corrected chi connectivity index (χ2v) is 15.8. The molecule has 12 heteroatoms. The molecule has 1 aliphatic carbocycles. The number of carbonyl (C=O) groups excluding carboxylic acids is 1. The van der Waals surface area contributed by atoms with Gasteiger partial charge in [0.2, 0.25) is 8.32 Å². The largest absolute Gasteiger partial charge is 0.442 e. The normalized spacial score (nSPS) is 24.3. The minimum Gasteiger partial charge on any atom is -0.442 e. The Kier molecular flexibility index (Phi) is 6.52. The first-order valence-corrected chi connectivity index (χ1v) is 14.0. The van der Waals surface area contributed by atoms with Crippen molar-refractivity contribution in [3.8, 4) is 0 Å². The SMILES string of the molecule is CC(C)(C)OC(=O)N(O[Si](C)(C)C(C)(C)C)[C@H]1C[C@@H](n2ncc3c(N)ncnc32)[C@@H](O)[C@H]1O. The molecule has 184 valence electrons. The quantitative estimate of drug-likeness (QED) is 0.443. The second kappa shape index (κ2) is 8.49. The van der Waals surface area contributed by atoms with Crippen LogP contribution in [-0.2, 0) is 9.26 Å². The fraction of sp³-hybridized carbons (Fsp3) is 0.714. The van der Waals surface area contributed by atoms with Crippen molar-refractivity contribution in [1.82, 2.24) is 24.8 Å². The van der Waals surface area contributed by atoms with E-state index in [1.165, 1.54) is 17.2 Å². The van der Waals surface area contributed by atoms with Crippen LogP contribution in [0, 0.1) is 0 Å². The van der Waals surface area contributed by atoms with E-state index in [0.717, 1.165) is 5.06 Å². The minimum atomic E-state index is -2.49. The number of aliphatic hydroxyl groups excluding tert-OH is 2. The molecule has 0 saturated heterocycles. The molecule has 0 aromatic carbocycles. The Bertz CT molecular complexity index is 1010. The number of nitrogens with two attached hydrogens (primary N) is 1. The van der Waals surface area contributed by atoms with Gasteiger partial charge in [-0.1, -0.05) is 20.8 Å². The highest BCUT2D eigenvalue weighted by Gasteiger charge is 2.51. The Hall–Kier alpha value is -2.28. The van der Waals surface area contributed by atoms with Gasteiger partial charge in [-0.2, -0.15) is 10.2 Å². The number of nitrogens with zero attached hydrogens (tertiary/aromatic N) is 5. The van der Waals surface area contributed by atoms with Gasteiger partial charge < -0.3 is 25.2 Å². The van der Waals surface area contributed by atoms with Gasteiger partial charge in [-0.15, -0.1) is 0 Å². The van der Waals surface area contributed by atoms with Crippen molar-refractivity contribution in [2.24, 2.45) is 0 Å². The molecule has 2 aromatic heterocycles. The lowest BCUT2D eigenvalue weighted by Gasteiger charge is -2.42. The van der Waals surface area contributed by atoms with Crippen molar-refractivity contribution in [2.75, 3.05) is 5.73 Å². The highest BCUT2D eigenvalue weighted by molar-refractivity contribution is 6.74. The van der Waals surface area contributed by atoms with Crippen molar-refractivity contribution in [1.29, 1.82) is 0 Å². The van der Waals surface area contributed by atoms with Gasteiger partial charge in [0.1, 0.15) is 30.0 Å². The highest BCUT2D eigenvalue weighted by atomic mass is 28.4. The topological polar surface area (TPSA) is 149 Å². The Morgan fingerprint density at radius 1 is 1.18 bits per heavy atom. The Balaban J connectivity index is 1.97. The van der Waals surface area contributed by atoms with Crippen molar-refractivity contribution < 1.29 is 24.3 Å². The van der Waals surface area contributed by atoms with E-state index in [9.17, 15) is 15.0 Å². The van der Waals surface area contributed by atoms with Crippen molar-refractivity contribution in [3.63, 3.8) is 0 Å². The summed E-state index contributed by atoms with van der Waals surface area (Å²) < 4.78 is 13.4. The first kappa shape index (κ1) is 25.3. The summed E-state index contributed by atoms with van der Waals surface area (Å²) in [7, 11) is -2.49. The lowest BCUT2D eigenvalue weighted by molar-refractivity contribution is -0.132. The fourth-order valence-corrected chi connectivity index (χ4v) is 4.49. The summed E-state index contributed by atoms with van der Waals surface area (Å²) in [5.41, 5.74) is 5.59. The van der Waals surface area contributed by atoms with Gasteiger partial charge in [-0.3, -0.25) is 0 Å². The number of amides is 1. The number of anilines is 1. The van der Waals surface area contributed by atoms with Crippen molar-refractivity contribution >= 4 is 31.3 Å². The average Bonchev–Trinajstić information content (AvgIpc) is 3.20. The number of rotatable bonds is 4. The molecule has 2 aromatic rings. The van der Waals surface area contributed by atoms with Gasteiger partial charge in [-0.05, 0) is 45.3 Å². The second-order valence-electron chi connectivity index (χ2n) is 11.1. The van der Waals surface area contributed by atoms with E-state index < -0.39 is 44.3 Å². The molecule has 4 atom stereocenters. The number of hydrogen-bond acceptors (Lipinski definition) is 9. The molecule has 0 spiro atoms. The number of aliphatic hydroxyl groups is 2. The van der Waals surface area contributed by atoms with E-state index in [-0.39, 0.29) is 17.3 Å². The molecular formula is C21H36N6O5Si. The van der Waals surface area contributed by atoms with Crippen molar-refractivity contribution in [3.05, 3.63) is 12.5 Å². The minimum absolute atomic E-state index is 0.177. The number of aromatic nitrogens is 4. The third-order valence-electron chi connectivity index (χ3n) is 6.36. The maximum absolute atomic E-state index is 13.2. The van der Waals surface area contributed by atoms with Crippen LogP contribution in [0.5, 0.6) is 0 Å². The zero-order chi connectivity index (χ0) is 24.9. The van der Waals surface area contributed by atoms with Gasteiger partial charge in [0, 0.05) is 0 Å². The summed E-state index contributed by atoms with van der Waals surface area (Å²) >= 11 is 0. The van der Waals surface area contributed by atoms with E-state index in [2.05, 4.69) is 35.8 Å². The van der Waals surface area contributed by atoms with Crippen LogP contribution < -0.4 is 5.73 Å². The molecule has 0 unspecified atom stereocenters. The zero-order valence-corrected chi connectivity index (χ0v) is 21.6. The molecule has 1 amide bonds. The van der Waals surface area contributed by atoms with Crippen molar-refractivity contribution in [2.45, 2.75) is 96.0 Å². The zero-order valence-electron chi connectivity index (χ0n) is 20.6. The molecule has 0 bridgehead atoms. The van der Waals surface area contributed by atoms with Crippen LogP contribution in [-0.4, -0.2) is 73.3 Å². The van der Waals surface area contributed by atoms with E-state index in [1.54, 1.807) is 20.8 Å². The third kappa shape index (κ3) is 4.98. The number of fused-ring (bicyclic) bond motifs is 1. The van der Waals surface area contributed by atoms with Crippen LogP contribution in [0.1, 0.15) is 54.0 Å². The lowest BCUT2D eigenvalue weighted by Crippen LogP contribution is -2.55. The van der Waals surface area contributed by atoms with Gasteiger partial charge in [0.25, 0.3) is 0 Å². The van der Waals surface area contributed by atoms with Crippen LogP contribution in [0.2, 0.25) is 18.1 Å². The molecule has 0 aliphatic heterocycles. The molecule has 11 nitrogen and oxygen atoms in total. The average molecular weight is 481 g/mol. The first-order valence-electron chi connectivity index (χ1n) is 11.0. The monoisotopic (exact) mass is 480 g/mol. The number of ether oxygens (including phenoxy) is 1. The molecule has 3 rings (SSSR count). The lowest BCUT2D eigenvalue weighted by atomic mass is 10.2. The predicted molar refractivity (Wildman–Crippen MR) is 126 cm³/mol. The van der Waals surface area contributed by atoms with Crippen LogP contribution in [0.25, 0.3) is 11.0 Å². The smallest absolute Gasteiger partial charge is 0.433 e. The van der Waals surface area contributed by atoms with E-state index in [0.29, 0.717) is 11.0 Å². The summed E-state index contributed by atoms with van der Waals surface area (Å²) in [6, 6.07) is -1.52. The molecule has 4 N–H and O–H groups in total. The van der Waals surface area contributed by atoms with Crippen LogP contribution in [0.4, 0.5) is 10.6 Å². The van der Waals surface area contributed by atoms with Crippen LogP contribution in [0.15, 0.2) is 12.5 Å². The first-order chi connectivity index (χ1) is 15.0. The number of hydroxylamine groups is 2. The van der Waals surface area contributed by atoms with E-state index in [4.69, 9.17) is 15.0 Å². The maximum atomic E-state index is 13.2. The fourth-order valence-electron chi connectivity index (χ4n) is 3.51. The summed E-state index contributed by atoms with van der Waals surface area (Å²) in [6.45, 7) is 15.4. The molecular weight excluding hydrogens is 444 g/mol. The van der Waals surface area contributed by atoms with Gasteiger partial charge in [0.05, 0.1) is 23.7 Å². The molecule has 1 fully saturated rings. The predicted octanol–water partition coefficient (Wildman–Crippen LogP) is 2.62. The van der Waals surface area contributed by atoms with Crippen LogP contribution >= 0.6 is 0 Å². The molecule has 33 heavy (non-hydrogen) atoms. The Morgan fingerprint density at radius 2 is 1.82 bits per heavy atom. The molecule has 1 saturated carbocycles. The molecule has 2 heterocycles. The number of carbonyl (C=O) groups is 1. The maximum Gasteiger partial charge on any atom is 0.433 e. The molecule has 0 radical (unpaired) electrons. The van der Waals surface area contributed by atoms with E-state index >= 15 is 0 Å².